The minimum atomic E-state index is 0.0205. The zero-order valence-electron chi connectivity index (χ0n) is 17.0. The van der Waals surface area contributed by atoms with E-state index >= 15 is 0 Å². The molecule has 29 heavy (non-hydrogen) atoms. The predicted octanol–water partition coefficient (Wildman–Crippen LogP) is 2.84. The Hall–Kier alpha value is -2.60. The fourth-order valence-electron chi connectivity index (χ4n) is 4.68. The number of para-hydroxylation sites is 1. The Bertz CT molecular complexity index is 997. The molecule has 1 N–H and O–H groups in total. The summed E-state index contributed by atoms with van der Waals surface area (Å²) in [4.78, 5) is 25.3. The van der Waals surface area contributed by atoms with Gasteiger partial charge in [-0.15, -0.1) is 0 Å². The molecule has 2 aromatic rings. The monoisotopic (exact) mass is 392 g/mol. The minimum Gasteiger partial charge on any atom is -0.489 e. The van der Waals surface area contributed by atoms with E-state index in [2.05, 4.69) is 33.8 Å². The highest BCUT2D eigenvalue weighted by Gasteiger charge is 2.25. The molecule has 1 atom stereocenters. The first kappa shape index (κ1) is 18.4. The van der Waals surface area contributed by atoms with Gasteiger partial charge in [0.1, 0.15) is 12.4 Å². The van der Waals surface area contributed by atoms with Gasteiger partial charge in [0, 0.05) is 44.7 Å². The Morgan fingerprint density at radius 2 is 2.17 bits per heavy atom. The van der Waals surface area contributed by atoms with Crippen LogP contribution in [0.2, 0.25) is 0 Å². The Morgan fingerprint density at radius 1 is 1.28 bits per heavy atom. The molecule has 6 nitrogen and oxygen atoms in total. The molecule has 0 spiro atoms. The molecule has 0 amide bonds. The lowest BCUT2D eigenvalue weighted by molar-refractivity contribution is 0.254. The number of aromatic nitrogens is 2. The van der Waals surface area contributed by atoms with Gasteiger partial charge < -0.3 is 9.64 Å². The topological polar surface area (TPSA) is 61.5 Å². The van der Waals surface area contributed by atoms with E-state index in [0.717, 1.165) is 67.5 Å². The standard InChI is InChI=1S/C23H28N4O2/c1-16-5-4-9-27(12-16)23-24-20-8-10-26(14-19(20)22(28)25-23)13-17-11-18-6-2-3-7-21(18)29-15-17/h2-3,6-7,11,16H,4-5,8-10,12-15H2,1H3,(H,24,25,28). The Balaban J connectivity index is 1.31. The Kier molecular flexibility index (Phi) is 4.87. The highest BCUT2D eigenvalue weighted by Crippen LogP contribution is 2.27. The first-order chi connectivity index (χ1) is 14.2. The number of nitrogens with one attached hydrogen (secondary N) is 1. The van der Waals surface area contributed by atoms with Gasteiger partial charge in [0.05, 0.1) is 11.3 Å². The molecule has 0 bridgehead atoms. The average Bonchev–Trinajstić information content (AvgIpc) is 2.74. The molecule has 0 saturated carbocycles. The molecule has 4 heterocycles. The molecule has 1 aromatic carbocycles. The number of rotatable bonds is 3. The SMILES string of the molecule is CC1CCCN(c2nc3c(c(=O)[nH]2)CN(CC2=Cc4ccccc4OC2)CC3)C1. The predicted molar refractivity (Wildman–Crippen MR) is 114 cm³/mol. The molecule has 0 radical (unpaired) electrons. The number of benzene rings is 1. The maximum Gasteiger partial charge on any atom is 0.257 e. The number of hydrogen-bond donors (Lipinski definition) is 1. The van der Waals surface area contributed by atoms with E-state index in [9.17, 15) is 4.79 Å². The van der Waals surface area contributed by atoms with Gasteiger partial charge in [-0.1, -0.05) is 25.1 Å². The summed E-state index contributed by atoms with van der Waals surface area (Å²) < 4.78 is 5.88. The van der Waals surface area contributed by atoms with Gasteiger partial charge >= 0.3 is 0 Å². The number of nitrogens with zero attached hydrogens (tertiary/aromatic N) is 3. The maximum absolute atomic E-state index is 12.8. The van der Waals surface area contributed by atoms with E-state index in [1.54, 1.807) is 0 Å². The summed E-state index contributed by atoms with van der Waals surface area (Å²) in [5, 5.41) is 0. The average molecular weight is 393 g/mol. The third kappa shape index (κ3) is 3.81. The molecule has 6 heteroatoms. The van der Waals surface area contributed by atoms with Crippen LogP contribution in [-0.4, -0.2) is 47.7 Å². The van der Waals surface area contributed by atoms with Crippen LogP contribution >= 0.6 is 0 Å². The highest BCUT2D eigenvalue weighted by atomic mass is 16.5. The number of anilines is 1. The fraction of sp³-hybridized carbons (Fsp3) is 0.478. The molecule has 3 aliphatic rings. The van der Waals surface area contributed by atoms with Crippen molar-refractivity contribution in [2.45, 2.75) is 32.7 Å². The number of piperidine rings is 1. The second kappa shape index (κ2) is 7.67. The van der Waals surface area contributed by atoms with Crippen molar-refractivity contribution in [3.8, 4) is 5.75 Å². The fourth-order valence-corrected chi connectivity index (χ4v) is 4.68. The molecule has 1 unspecified atom stereocenters. The molecule has 1 fully saturated rings. The molecule has 5 rings (SSSR count). The summed E-state index contributed by atoms with van der Waals surface area (Å²) >= 11 is 0. The summed E-state index contributed by atoms with van der Waals surface area (Å²) in [7, 11) is 0. The molecule has 152 valence electrons. The van der Waals surface area contributed by atoms with Gasteiger partial charge in [0.2, 0.25) is 5.95 Å². The van der Waals surface area contributed by atoms with Crippen LogP contribution in [0.4, 0.5) is 5.95 Å². The van der Waals surface area contributed by atoms with Crippen molar-refractivity contribution in [1.82, 2.24) is 14.9 Å². The van der Waals surface area contributed by atoms with Crippen molar-refractivity contribution in [3.63, 3.8) is 0 Å². The van der Waals surface area contributed by atoms with Crippen LogP contribution in [0.25, 0.3) is 6.08 Å². The number of hydrogen-bond acceptors (Lipinski definition) is 5. The molecule has 3 aliphatic heterocycles. The Morgan fingerprint density at radius 3 is 3.07 bits per heavy atom. The zero-order chi connectivity index (χ0) is 19.8. The van der Waals surface area contributed by atoms with Crippen LogP contribution in [0.3, 0.4) is 0 Å². The largest absolute Gasteiger partial charge is 0.489 e. The second-order valence-electron chi connectivity index (χ2n) is 8.60. The highest BCUT2D eigenvalue weighted by molar-refractivity contribution is 5.62. The van der Waals surface area contributed by atoms with Gasteiger partial charge in [-0.3, -0.25) is 14.7 Å². The number of ether oxygens (including phenoxy) is 1. The summed E-state index contributed by atoms with van der Waals surface area (Å²) in [6.45, 7) is 7.21. The van der Waals surface area contributed by atoms with Crippen LogP contribution in [0, 0.1) is 5.92 Å². The van der Waals surface area contributed by atoms with Gasteiger partial charge in [-0.25, -0.2) is 4.98 Å². The molecular weight excluding hydrogens is 364 g/mol. The van der Waals surface area contributed by atoms with Gasteiger partial charge in [-0.2, -0.15) is 0 Å². The first-order valence-electron chi connectivity index (χ1n) is 10.7. The third-order valence-corrected chi connectivity index (χ3v) is 6.21. The number of aromatic amines is 1. The number of H-pyrrole nitrogens is 1. The van der Waals surface area contributed by atoms with Crippen LogP contribution in [0.5, 0.6) is 5.75 Å². The van der Waals surface area contributed by atoms with E-state index < -0.39 is 0 Å². The van der Waals surface area contributed by atoms with E-state index in [1.165, 1.54) is 12.0 Å². The zero-order valence-corrected chi connectivity index (χ0v) is 17.0. The van der Waals surface area contributed by atoms with E-state index in [0.29, 0.717) is 19.1 Å². The van der Waals surface area contributed by atoms with Crippen LogP contribution in [0.15, 0.2) is 34.6 Å². The number of fused-ring (bicyclic) bond motifs is 2. The van der Waals surface area contributed by atoms with Gasteiger partial charge in [0.15, 0.2) is 0 Å². The van der Waals surface area contributed by atoms with E-state index in [4.69, 9.17) is 9.72 Å². The molecule has 0 aliphatic carbocycles. The normalized spacial score (nSPS) is 21.8. The molecule has 1 saturated heterocycles. The van der Waals surface area contributed by atoms with Crippen molar-refractivity contribution >= 4 is 12.0 Å². The van der Waals surface area contributed by atoms with Crippen molar-refractivity contribution in [2.24, 2.45) is 5.92 Å². The summed E-state index contributed by atoms with van der Waals surface area (Å²) in [5.74, 6) is 2.35. The smallest absolute Gasteiger partial charge is 0.257 e. The van der Waals surface area contributed by atoms with Gasteiger partial charge in [0.25, 0.3) is 5.56 Å². The van der Waals surface area contributed by atoms with E-state index in [-0.39, 0.29) is 5.56 Å². The Labute approximate surface area is 171 Å². The van der Waals surface area contributed by atoms with Gasteiger partial charge in [-0.05, 0) is 36.5 Å². The summed E-state index contributed by atoms with van der Waals surface area (Å²) in [6.07, 6.45) is 5.46. The molecular formula is C23H28N4O2. The second-order valence-corrected chi connectivity index (χ2v) is 8.60. The van der Waals surface area contributed by atoms with Crippen molar-refractivity contribution in [3.05, 3.63) is 57.0 Å². The maximum atomic E-state index is 12.8. The van der Waals surface area contributed by atoms with Crippen LogP contribution in [0.1, 0.15) is 36.6 Å². The van der Waals surface area contributed by atoms with Crippen molar-refractivity contribution < 1.29 is 4.74 Å². The first-order valence-corrected chi connectivity index (χ1v) is 10.7. The lowest BCUT2D eigenvalue weighted by atomic mass is 10.0. The summed E-state index contributed by atoms with van der Waals surface area (Å²) in [6, 6.07) is 8.12. The third-order valence-electron chi connectivity index (χ3n) is 6.21. The summed E-state index contributed by atoms with van der Waals surface area (Å²) in [5.41, 5.74) is 4.19. The quantitative estimate of drug-likeness (QED) is 0.870. The van der Waals surface area contributed by atoms with Crippen molar-refractivity contribution in [2.75, 3.05) is 37.7 Å². The molecule has 1 aromatic heterocycles. The minimum absolute atomic E-state index is 0.0205. The van der Waals surface area contributed by atoms with Crippen LogP contribution < -0.4 is 15.2 Å². The van der Waals surface area contributed by atoms with Crippen molar-refractivity contribution in [1.29, 1.82) is 0 Å². The van der Waals surface area contributed by atoms with Crippen LogP contribution in [-0.2, 0) is 13.0 Å². The lowest BCUT2D eigenvalue weighted by Gasteiger charge is -2.33. The lowest BCUT2D eigenvalue weighted by Crippen LogP contribution is -2.40. The van der Waals surface area contributed by atoms with E-state index in [1.807, 2.05) is 18.2 Å².